The summed E-state index contributed by atoms with van der Waals surface area (Å²) in [5, 5.41) is 10.7. The Morgan fingerprint density at radius 1 is 0.425 bits per heavy atom. The second kappa shape index (κ2) is 20.0. The average Bonchev–Trinajstić information content (AvgIpc) is 3.39. The van der Waals surface area contributed by atoms with Crippen molar-refractivity contribution in [2.75, 3.05) is 0 Å². The normalized spacial score (nSPS) is 11.4. The molecular formula is C48H17BF20N2O2. The van der Waals surface area contributed by atoms with Crippen molar-refractivity contribution >= 4 is 44.7 Å². The van der Waals surface area contributed by atoms with E-state index in [0.29, 0.717) is 23.6 Å². The van der Waals surface area contributed by atoms with E-state index in [9.17, 15) is 57.5 Å². The lowest BCUT2D eigenvalue weighted by Gasteiger charge is -2.44. The van der Waals surface area contributed by atoms with Crippen LogP contribution in [0.2, 0.25) is 0 Å². The maximum Gasteiger partial charge on any atom is 0.409 e. The molecule has 8 aromatic rings. The number of pyridine rings is 1. The molecule has 0 aliphatic carbocycles. The maximum absolute atomic E-state index is 15.4. The monoisotopic (exact) mass is 1040 g/mol. The fraction of sp³-hybridized carbons (Fsp3) is 0.0208. The molecule has 25 heteroatoms. The highest BCUT2D eigenvalue weighted by Crippen LogP contribution is 2.31. The fourth-order valence-electron chi connectivity index (χ4n) is 8.02. The number of rotatable bonds is 8. The molecule has 0 bridgehead atoms. The van der Waals surface area contributed by atoms with Crippen LogP contribution in [-0.2, 0) is 6.54 Å². The highest BCUT2D eigenvalue weighted by molar-refractivity contribution is 7.20. The Morgan fingerprint density at radius 2 is 0.753 bits per heavy atom. The number of benzene rings is 7. The van der Waals surface area contributed by atoms with Gasteiger partial charge in [0.25, 0.3) is 5.69 Å². The van der Waals surface area contributed by atoms with Crippen LogP contribution in [-0.4, -0.2) is 12.1 Å². The van der Waals surface area contributed by atoms with Gasteiger partial charge in [-0.1, -0.05) is 48.5 Å². The Labute approximate surface area is 394 Å². The first-order chi connectivity index (χ1) is 34.4. The third kappa shape index (κ3) is 8.58. The number of halogens is 20. The summed E-state index contributed by atoms with van der Waals surface area (Å²) in [5.41, 5.74) is -12.2. The van der Waals surface area contributed by atoms with Crippen molar-refractivity contribution in [1.29, 1.82) is 5.26 Å². The molecule has 374 valence electrons. The largest absolute Gasteiger partial charge is 0.419 e. The second-order valence-electron chi connectivity index (χ2n) is 15.2. The van der Waals surface area contributed by atoms with Gasteiger partial charge in [0, 0.05) is 11.6 Å². The Morgan fingerprint density at radius 3 is 1.11 bits per heavy atom. The molecule has 0 spiro atoms. The Balaban J connectivity index is 0.000000237. The highest BCUT2D eigenvalue weighted by atomic mass is 19.2. The number of esters is 1. The Hall–Kier alpha value is -8.43. The van der Waals surface area contributed by atoms with Crippen LogP contribution in [0, 0.1) is 128 Å². The minimum Gasteiger partial charge on any atom is -0.419 e. The Bertz CT molecular complexity index is 3230. The van der Waals surface area contributed by atoms with Crippen LogP contribution in [0.1, 0.15) is 21.6 Å². The zero-order valence-electron chi connectivity index (χ0n) is 35.2. The molecule has 0 radical (unpaired) electrons. The van der Waals surface area contributed by atoms with Crippen molar-refractivity contribution in [3.63, 3.8) is 0 Å². The van der Waals surface area contributed by atoms with Crippen molar-refractivity contribution in [2.24, 2.45) is 0 Å². The molecule has 0 N–H and O–H groups in total. The zero-order valence-corrected chi connectivity index (χ0v) is 35.2. The van der Waals surface area contributed by atoms with Gasteiger partial charge in [-0.15, -0.1) is 21.9 Å². The Kier molecular flexibility index (Phi) is 14.4. The van der Waals surface area contributed by atoms with Gasteiger partial charge in [0.05, 0.1) is 17.0 Å². The van der Waals surface area contributed by atoms with Gasteiger partial charge >= 0.3 is 5.97 Å². The number of nitriles is 1. The van der Waals surface area contributed by atoms with E-state index in [4.69, 9.17) is 10.00 Å². The van der Waals surface area contributed by atoms with E-state index in [1.54, 1.807) is 24.3 Å². The lowest BCUT2D eigenvalue weighted by molar-refractivity contribution is -0.689. The van der Waals surface area contributed by atoms with Gasteiger partial charge in [0.15, 0.2) is 82.5 Å². The first-order valence-electron chi connectivity index (χ1n) is 19.9. The predicted octanol–water partition coefficient (Wildman–Crippen LogP) is 10.1. The molecule has 73 heavy (non-hydrogen) atoms. The number of nitrogens with zero attached hydrogens (tertiary/aromatic N) is 2. The van der Waals surface area contributed by atoms with Crippen molar-refractivity contribution in [2.45, 2.75) is 6.54 Å². The van der Waals surface area contributed by atoms with Crippen LogP contribution in [0.15, 0.2) is 91.1 Å². The number of hydrogen-bond acceptors (Lipinski definition) is 3. The topological polar surface area (TPSA) is 54.0 Å². The molecular weight excluding hydrogens is 1030 g/mol. The summed E-state index contributed by atoms with van der Waals surface area (Å²) in [4.78, 5) is 13.1. The van der Waals surface area contributed by atoms with Crippen LogP contribution in [0.3, 0.4) is 0 Å². The average molecular weight is 1040 g/mol. The lowest BCUT2D eigenvalue weighted by Crippen LogP contribution is -2.81. The van der Waals surface area contributed by atoms with E-state index < -0.39 is 150 Å². The third-order valence-electron chi connectivity index (χ3n) is 11.2. The van der Waals surface area contributed by atoms with Crippen molar-refractivity contribution in [3.05, 3.63) is 224 Å². The standard InChI is InChI=1S/C24BF20.C24H17N2O2/c26-5-1(6(27)14(35)21(42)13(5)34)25(2-7(28)15(36)22(43)16(37)8(2)29,3-9(30)17(38)23(44)18(39)10(3)31)4-11(32)19(40)24(45)20(41)12(4)33;25-16-18-10-12-21(13-11-18)28-24(27)23-22-9-5-4-8-20(22)14-15-26(23)17-19-6-2-1-3-7-19/h;1-15H,17H2/q-1;+1. The van der Waals surface area contributed by atoms with Crippen molar-refractivity contribution in [3.8, 4) is 11.8 Å². The van der Waals surface area contributed by atoms with E-state index in [0.717, 1.165) is 16.3 Å². The lowest BCUT2D eigenvalue weighted by atomic mass is 9.12. The van der Waals surface area contributed by atoms with Gasteiger partial charge in [0.1, 0.15) is 58.4 Å². The number of fused-ring (bicyclic) bond motifs is 1. The summed E-state index contributed by atoms with van der Waals surface area (Å²) in [7, 11) is 0. The van der Waals surface area contributed by atoms with Crippen LogP contribution in [0.4, 0.5) is 87.8 Å². The van der Waals surface area contributed by atoms with Crippen molar-refractivity contribution in [1.82, 2.24) is 0 Å². The maximum atomic E-state index is 15.4. The van der Waals surface area contributed by atoms with Crippen molar-refractivity contribution < 1.29 is 102 Å². The molecule has 7 aromatic carbocycles. The van der Waals surface area contributed by atoms with Gasteiger partial charge < -0.3 is 4.74 Å². The number of ether oxygens (including phenoxy) is 1. The fourth-order valence-corrected chi connectivity index (χ4v) is 8.02. The highest BCUT2D eigenvalue weighted by Gasteiger charge is 2.52. The van der Waals surface area contributed by atoms with Crippen LogP contribution in [0.25, 0.3) is 10.8 Å². The van der Waals surface area contributed by atoms with Gasteiger partial charge in [-0.05, 0) is 35.7 Å². The zero-order chi connectivity index (χ0) is 53.7. The van der Waals surface area contributed by atoms with Gasteiger partial charge in [-0.3, -0.25) is 0 Å². The van der Waals surface area contributed by atoms with Crippen LogP contribution < -0.4 is 31.2 Å². The molecule has 8 rings (SSSR count). The molecule has 0 fully saturated rings. The summed E-state index contributed by atoms with van der Waals surface area (Å²) < 4.78 is 301. The number of carbonyl (C=O) groups is 1. The molecule has 0 atom stereocenters. The quantitative estimate of drug-likeness (QED) is 0.0290. The third-order valence-corrected chi connectivity index (χ3v) is 11.2. The van der Waals surface area contributed by atoms with E-state index in [2.05, 4.69) is 6.07 Å². The molecule has 0 amide bonds. The van der Waals surface area contributed by atoms with Crippen LogP contribution in [0.5, 0.6) is 5.75 Å². The SMILES string of the molecule is Fc1c(F)c(F)c([B-](c2c(F)c(F)c(F)c(F)c2F)(c2c(F)c(F)c(F)c(F)c2F)c2c(F)c(F)c(F)c(F)c2F)c(F)c1F.N#Cc1ccc(OC(=O)c2c3ccccc3cc[n+]2Cc2ccccc2)cc1. The van der Waals surface area contributed by atoms with E-state index in [-0.39, 0.29) is 0 Å². The number of hydrogen-bond donors (Lipinski definition) is 0. The minimum atomic E-state index is -7.22. The summed E-state index contributed by atoms with van der Waals surface area (Å²) in [6.07, 6.45) is -5.31. The minimum absolute atomic E-state index is 0.406. The van der Waals surface area contributed by atoms with E-state index >= 15 is 35.1 Å². The van der Waals surface area contributed by atoms with Gasteiger partial charge in [-0.2, -0.15) is 9.83 Å². The molecule has 0 saturated carbocycles. The summed E-state index contributed by atoms with van der Waals surface area (Å²) in [6.45, 7) is 0.559. The van der Waals surface area contributed by atoms with E-state index in [1.165, 1.54) is 0 Å². The van der Waals surface area contributed by atoms with Gasteiger partial charge in [0.2, 0.25) is 0 Å². The molecule has 1 aromatic heterocycles. The first-order valence-corrected chi connectivity index (χ1v) is 19.9. The van der Waals surface area contributed by atoms with Crippen LogP contribution >= 0.6 is 0 Å². The molecule has 1 heterocycles. The number of carbonyl (C=O) groups excluding carboxylic acids is 1. The summed E-state index contributed by atoms with van der Waals surface area (Å²) >= 11 is 0. The smallest absolute Gasteiger partial charge is 0.409 e. The summed E-state index contributed by atoms with van der Waals surface area (Å²) in [5.74, 6) is -71.4. The second-order valence-corrected chi connectivity index (χ2v) is 15.2. The first kappa shape index (κ1) is 52.4. The molecule has 0 saturated heterocycles. The molecule has 0 unspecified atom stereocenters. The summed E-state index contributed by atoms with van der Waals surface area (Å²) in [6, 6.07) is 28.3. The molecule has 0 aliphatic heterocycles. The molecule has 0 aliphatic rings. The number of aromatic nitrogens is 1. The van der Waals surface area contributed by atoms with Gasteiger partial charge in [-0.25, -0.2) is 92.6 Å². The molecule has 4 nitrogen and oxygen atoms in total. The van der Waals surface area contributed by atoms with E-state index in [1.807, 2.05) is 71.4 Å². The predicted molar refractivity (Wildman–Crippen MR) is 215 cm³/mol.